The summed E-state index contributed by atoms with van der Waals surface area (Å²) in [6.07, 6.45) is 5.30. The van der Waals surface area contributed by atoms with Crippen LogP contribution in [0.1, 0.15) is 28.3 Å². The summed E-state index contributed by atoms with van der Waals surface area (Å²) in [5.74, 6) is 1.22. The van der Waals surface area contributed by atoms with Crippen LogP contribution in [0.25, 0.3) is 16.9 Å². The van der Waals surface area contributed by atoms with Gasteiger partial charge < -0.3 is 4.74 Å². The van der Waals surface area contributed by atoms with Gasteiger partial charge in [-0.05, 0) is 20.4 Å². The monoisotopic (exact) mass is 341 g/mol. The molecule has 0 radical (unpaired) electrons. The van der Waals surface area contributed by atoms with E-state index in [0.29, 0.717) is 35.6 Å². The molecule has 1 atom stereocenters. The number of carbonyl (C=O) groups excluding carboxylic acids is 1. The number of aromatic amines is 1. The number of aryl methyl sites for hydroxylation is 1. The molecule has 1 unspecified atom stereocenters. The van der Waals surface area contributed by atoms with Crippen molar-refractivity contribution in [1.29, 1.82) is 0 Å². The van der Waals surface area contributed by atoms with Gasteiger partial charge in [-0.25, -0.2) is 14.6 Å². The van der Waals surface area contributed by atoms with Crippen LogP contribution < -0.4 is 0 Å². The van der Waals surface area contributed by atoms with Crippen molar-refractivity contribution < 1.29 is 9.53 Å². The van der Waals surface area contributed by atoms with Gasteiger partial charge >= 0.3 is 0 Å². The summed E-state index contributed by atoms with van der Waals surface area (Å²) in [5, 5.41) is 12.0. The SMILES string of the molecule is Cc1nc(-n2cc(CN(C)C3CCOC3)c(C=O)n2)c2cn[nH]c2n1. The number of nitrogens with zero attached hydrogens (tertiary/aromatic N) is 6. The standard InChI is InChI=1S/C16H19N7O2/c1-10-18-15-13(5-17-20-15)16(19-10)23-7-11(14(8-24)21-23)6-22(2)12-3-4-25-9-12/h5,7-8,12H,3-4,6,9H2,1-2H3,(H,17,18,19,20). The minimum absolute atomic E-state index is 0.365. The zero-order valence-electron chi connectivity index (χ0n) is 14.1. The summed E-state index contributed by atoms with van der Waals surface area (Å²) >= 11 is 0. The zero-order chi connectivity index (χ0) is 17.4. The molecular weight excluding hydrogens is 322 g/mol. The predicted octanol–water partition coefficient (Wildman–Crippen LogP) is 0.880. The van der Waals surface area contributed by atoms with E-state index in [1.165, 1.54) is 0 Å². The van der Waals surface area contributed by atoms with E-state index in [-0.39, 0.29) is 0 Å². The molecule has 1 saturated heterocycles. The molecule has 3 aromatic heterocycles. The molecule has 1 N–H and O–H groups in total. The van der Waals surface area contributed by atoms with Crippen LogP contribution in [0.4, 0.5) is 0 Å². The van der Waals surface area contributed by atoms with Crippen LogP contribution in [0, 0.1) is 6.92 Å². The molecule has 25 heavy (non-hydrogen) atoms. The Bertz CT molecular complexity index is 910. The number of ether oxygens (including phenoxy) is 1. The molecule has 4 rings (SSSR count). The van der Waals surface area contributed by atoms with Gasteiger partial charge in [-0.3, -0.25) is 14.8 Å². The van der Waals surface area contributed by atoms with E-state index in [0.717, 1.165) is 36.9 Å². The van der Waals surface area contributed by atoms with Crippen LogP contribution in [0.2, 0.25) is 0 Å². The van der Waals surface area contributed by atoms with E-state index >= 15 is 0 Å². The van der Waals surface area contributed by atoms with Crippen LogP contribution in [0.3, 0.4) is 0 Å². The third-order valence-electron chi connectivity index (χ3n) is 4.50. The first-order valence-electron chi connectivity index (χ1n) is 8.15. The summed E-state index contributed by atoms with van der Waals surface area (Å²) in [6.45, 7) is 3.94. The topological polar surface area (TPSA) is 102 Å². The van der Waals surface area contributed by atoms with Crippen molar-refractivity contribution in [1.82, 2.24) is 34.8 Å². The Morgan fingerprint density at radius 3 is 3.12 bits per heavy atom. The van der Waals surface area contributed by atoms with Gasteiger partial charge in [0.05, 0.1) is 18.2 Å². The van der Waals surface area contributed by atoms with Gasteiger partial charge in [0.15, 0.2) is 17.8 Å². The molecule has 0 spiro atoms. The van der Waals surface area contributed by atoms with Crippen molar-refractivity contribution >= 4 is 17.3 Å². The van der Waals surface area contributed by atoms with E-state index < -0.39 is 0 Å². The van der Waals surface area contributed by atoms with Crippen LogP contribution in [-0.4, -0.2) is 67.4 Å². The fourth-order valence-corrected chi connectivity index (χ4v) is 3.12. The van der Waals surface area contributed by atoms with Gasteiger partial charge in [-0.1, -0.05) is 0 Å². The predicted molar refractivity (Wildman–Crippen MR) is 89.6 cm³/mol. The molecule has 9 heteroatoms. The lowest BCUT2D eigenvalue weighted by Crippen LogP contribution is -2.31. The summed E-state index contributed by atoms with van der Waals surface area (Å²) in [5.41, 5.74) is 1.92. The number of hydrogen-bond donors (Lipinski definition) is 1. The number of aromatic nitrogens is 6. The van der Waals surface area contributed by atoms with Crippen molar-refractivity contribution in [3.8, 4) is 5.82 Å². The number of hydrogen-bond acceptors (Lipinski definition) is 7. The number of carbonyl (C=O) groups is 1. The van der Waals surface area contributed by atoms with Gasteiger partial charge in [0.1, 0.15) is 11.5 Å². The largest absolute Gasteiger partial charge is 0.380 e. The van der Waals surface area contributed by atoms with Crippen molar-refractivity contribution in [2.45, 2.75) is 25.9 Å². The van der Waals surface area contributed by atoms with Crippen molar-refractivity contribution in [2.75, 3.05) is 20.3 Å². The fourth-order valence-electron chi connectivity index (χ4n) is 3.12. The second-order valence-corrected chi connectivity index (χ2v) is 6.26. The van der Waals surface area contributed by atoms with Gasteiger partial charge in [0.25, 0.3) is 0 Å². The maximum atomic E-state index is 11.5. The molecule has 0 aliphatic carbocycles. The van der Waals surface area contributed by atoms with Crippen LogP contribution >= 0.6 is 0 Å². The van der Waals surface area contributed by atoms with E-state index in [9.17, 15) is 4.79 Å². The number of nitrogens with one attached hydrogen (secondary N) is 1. The molecule has 0 bridgehead atoms. The molecule has 9 nitrogen and oxygen atoms in total. The van der Waals surface area contributed by atoms with E-state index in [1.54, 1.807) is 10.9 Å². The maximum absolute atomic E-state index is 11.5. The number of rotatable bonds is 5. The summed E-state index contributed by atoms with van der Waals surface area (Å²) in [4.78, 5) is 22.5. The first-order chi connectivity index (χ1) is 12.2. The van der Waals surface area contributed by atoms with Crippen molar-refractivity contribution in [3.05, 3.63) is 29.5 Å². The average molecular weight is 341 g/mol. The van der Waals surface area contributed by atoms with Crippen LogP contribution in [0.5, 0.6) is 0 Å². The molecule has 1 aliphatic rings. The van der Waals surface area contributed by atoms with Crippen molar-refractivity contribution in [3.63, 3.8) is 0 Å². The van der Waals surface area contributed by atoms with Gasteiger partial charge in [-0.15, -0.1) is 0 Å². The van der Waals surface area contributed by atoms with E-state index in [1.807, 2.05) is 20.2 Å². The number of likely N-dealkylation sites (N-methyl/N-ethyl adjacent to an activating group) is 1. The molecule has 4 heterocycles. The third kappa shape index (κ3) is 2.92. The number of aldehydes is 1. The minimum atomic E-state index is 0.365. The Kier molecular flexibility index (Phi) is 4.02. The lowest BCUT2D eigenvalue weighted by molar-refractivity contribution is 0.111. The Hall–Kier alpha value is -2.65. The smallest absolute Gasteiger partial charge is 0.170 e. The van der Waals surface area contributed by atoms with Gasteiger partial charge in [-0.2, -0.15) is 10.2 Å². The minimum Gasteiger partial charge on any atom is -0.380 e. The van der Waals surface area contributed by atoms with Crippen LogP contribution in [-0.2, 0) is 11.3 Å². The second kappa shape index (κ2) is 6.34. The summed E-state index contributed by atoms with van der Waals surface area (Å²) < 4.78 is 7.07. The van der Waals surface area contributed by atoms with E-state index in [2.05, 4.69) is 30.2 Å². The third-order valence-corrected chi connectivity index (χ3v) is 4.50. The Morgan fingerprint density at radius 1 is 1.48 bits per heavy atom. The molecule has 1 fully saturated rings. The number of H-pyrrole nitrogens is 1. The van der Waals surface area contributed by atoms with E-state index in [4.69, 9.17) is 4.74 Å². The fraction of sp³-hybridized carbons (Fsp3) is 0.438. The Labute approximate surface area is 144 Å². The van der Waals surface area contributed by atoms with Gasteiger partial charge in [0.2, 0.25) is 0 Å². The highest BCUT2D eigenvalue weighted by atomic mass is 16.5. The highest BCUT2D eigenvalue weighted by Gasteiger charge is 2.22. The van der Waals surface area contributed by atoms with Crippen LogP contribution in [0.15, 0.2) is 12.4 Å². The first-order valence-corrected chi connectivity index (χ1v) is 8.15. The summed E-state index contributed by atoms with van der Waals surface area (Å²) in [6, 6.07) is 0.365. The first kappa shape index (κ1) is 15.9. The molecule has 0 aromatic carbocycles. The Balaban J connectivity index is 1.70. The zero-order valence-corrected chi connectivity index (χ0v) is 14.1. The highest BCUT2D eigenvalue weighted by Crippen LogP contribution is 2.20. The lowest BCUT2D eigenvalue weighted by atomic mass is 10.2. The second-order valence-electron chi connectivity index (χ2n) is 6.26. The average Bonchev–Trinajstić information content (AvgIpc) is 3.34. The molecular formula is C16H19N7O2. The Morgan fingerprint density at radius 2 is 2.36 bits per heavy atom. The summed E-state index contributed by atoms with van der Waals surface area (Å²) in [7, 11) is 2.04. The molecule has 0 saturated carbocycles. The van der Waals surface area contributed by atoms with Crippen molar-refractivity contribution in [2.24, 2.45) is 0 Å². The molecule has 3 aromatic rings. The maximum Gasteiger partial charge on any atom is 0.170 e. The lowest BCUT2D eigenvalue weighted by Gasteiger charge is -2.22. The molecule has 1 aliphatic heterocycles. The molecule has 130 valence electrons. The molecule has 0 amide bonds. The number of fused-ring (bicyclic) bond motifs is 1. The normalized spacial score (nSPS) is 17.6. The van der Waals surface area contributed by atoms with Gasteiger partial charge in [0, 0.05) is 31.0 Å². The quantitative estimate of drug-likeness (QED) is 0.687. The highest BCUT2D eigenvalue weighted by molar-refractivity contribution is 5.82.